The summed E-state index contributed by atoms with van der Waals surface area (Å²) in [5.41, 5.74) is -2.05. The van der Waals surface area contributed by atoms with Gasteiger partial charge in [0.25, 0.3) is 5.56 Å². The van der Waals surface area contributed by atoms with Gasteiger partial charge in [-0.1, -0.05) is 6.92 Å². The predicted molar refractivity (Wildman–Crippen MR) is 57.5 cm³/mol. The Bertz CT molecular complexity index is 554. The molecule has 18 heavy (non-hydrogen) atoms. The molecule has 1 saturated heterocycles. The number of halogens is 1. The van der Waals surface area contributed by atoms with Gasteiger partial charge < -0.3 is 14.9 Å². The van der Waals surface area contributed by atoms with Crippen LogP contribution in [0.5, 0.6) is 0 Å². The highest BCUT2D eigenvalue weighted by Gasteiger charge is 2.43. The van der Waals surface area contributed by atoms with Crippen LogP contribution in [-0.2, 0) is 4.74 Å². The van der Waals surface area contributed by atoms with E-state index < -0.39 is 41.6 Å². The Balaban J connectivity index is 2.42. The summed E-state index contributed by atoms with van der Waals surface area (Å²) in [7, 11) is 0. The molecule has 1 unspecified atom stereocenters. The van der Waals surface area contributed by atoms with Crippen molar-refractivity contribution < 1.29 is 19.3 Å². The molecule has 7 nitrogen and oxygen atoms in total. The van der Waals surface area contributed by atoms with E-state index in [1.165, 1.54) is 0 Å². The number of H-pyrrole nitrogens is 1. The molecule has 4 atom stereocenters. The normalized spacial score (nSPS) is 31.8. The number of hydrogen-bond donors (Lipinski definition) is 3. The minimum Gasteiger partial charge on any atom is -0.388 e. The van der Waals surface area contributed by atoms with Gasteiger partial charge in [0.1, 0.15) is 12.2 Å². The molecule has 2 rings (SSSR count). The largest absolute Gasteiger partial charge is 0.388 e. The molecule has 0 radical (unpaired) electrons. The van der Waals surface area contributed by atoms with Crippen LogP contribution in [0.25, 0.3) is 0 Å². The minimum absolute atomic E-state index is 0.426. The third-order valence-corrected chi connectivity index (χ3v) is 2.94. The highest BCUT2D eigenvalue weighted by atomic mass is 19.1. The zero-order valence-electron chi connectivity index (χ0n) is 9.54. The minimum atomic E-state index is -1.36. The summed E-state index contributed by atoms with van der Waals surface area (Å²) in [4.78, 5) is 24.1. The molecule has 8 heteroatoms. The lowest BCUT2D eigenvalue weighted by molar-refractivity contribution is -0.0410. The Morgan fingerprint density at radius 1 is 1.44 bits per heavy atom. The summed E-state index contributed by atoms with van der Waals surface area (Å²) >= 11 is 0. The van der Waals surface area contributed by atoms with Crippen LogP contribution in [0.15, 0.2) is 15.8 Å². The molecule has 0 spiro atoms. The standard InChI is InChI=1S/C10H13FN2O5/c1-2-5-6(14)7(15)9(18-5)13-3-4(11)8(16)12-10(13)17/h3,5-7,9,14-15H,2H2,1H3,(H,12,16,17)/t5-,6?,7+,9-/m1/s1. The number of nitrogens with one attached hydrogen (secondary N) is 1. The van der Waals surface area contributed by atoms with Crippen molar-refractivity contribution in [2.24, 2.45) is 0 Å². The molecule has 2 heterocycles. The van der Waals surface area contributed by atoms with Gasteiger partial charge >= 0.3 is 5.69 Å². The number of nitrogens with zero attached hydrogens (tertiary/aromatic N) is 1. The first-order valence-electron chi connectivity index (χ1n) is 5.48. The molecule has 1 aliphatic rings. The number of rotatable bonds is 2. The summed E-state index contributed by atoms with van der Waals surface area (Å²) in [6.07, 6.45) is -3.31. The molecule has 1 aliphatic heterocycles. The van der Waals surface area contributed by atoms with E-state index in [2.05, 4.69) is 0 Å². The van der Waals surface area contributed by atoms with Crippen LogP contribution in [-0.4, -0.2) is 38.1 Å². The van der Waals surface area contributed by atoms with Crippen molar-refractivity contribution in [2.75, 3.05) is 0 Å². The Kier molecular flexibility index (Phi) is 3.33. The quantitative estimate of drug-likeness (QED) is 0.613. The number of ether oxygens (including phenoxy) is 1. The second kappa shape index (κ2) is 4.63. The van der Waals surface area contributed by atoms with Gasteiger partial charge in [0, 0.05) is 0 Å². The van der Waals surface area contributed by atoms with Crippen LogP contribution in [0.4, 0.5) is 4.39 Å². The third-order valence-electron chi connectivity index (χ3n) is 2.94. The van der Waals surface area contributed by atoms with Gasteiger partial charge in [-0.05, 0) is 6.42 Å². The van der Waals surface area contributed by atoms with E-state index in [1.54, 1.807) is 11.9 Å². The van der Waals surface area contributed by atoms with Gasteiger partial charge in [-0.2, -0.15) is 4.39 Å². The molecular formula is C10H13FN2O5. The number of aromatic amines is 1. The maximum Gasteiger partial charge on any atom is 0.330 e. The summed E-state index contributed by atoms with van der Waals surface area (Å²) in [6, 6.07) is 0. The van der Waals surface area contributed by atoms with E-state index in [4.69, 9.17) is 4.74 Å². The maximum atomic E-state index is 13.1. The van der Waals surface area contributed by atoms with Crippen LogP contribution in [0.1, 0.15) is 19.6 Å². The number of aromatic nitrogens is 2. The highest BCUT2D eigenvalue weighted by Crippen LogP contribution is 2.29. The second-order valence-corrected chi connectivity index (χ2v) is 4.10. The van der Waals surface area contributed by atoms with Gasteiger partial charge in [-0.3, -0.25) is 14.3 Å². The van der Waals surface area contributed by atoms with Gasteiger partial charge in [-0.15, -0.1) is 0 Å². The number of hydrogen-bond acceptors (Lipinski definition) is 5. The molecule has 0 aromatic carbocycles. The van der Waals surface area contributed by atoms with Crippen molar-refractivity contribution in [1.29, 1.82) is 0 Å². The lowest BCUT2D eigenvalue weighted by Crippen LogP contribution is -2.38. The lowest BCUT2D eigenvalue weighted by Gasteiger charge is -2.16. The SMILES string of the molecule is CC[C@H]1O[C@@H](n2cc(F)c(=O)[nH]c2=O)[C@@H](O)C1O. The molecule has 1 aromatic rings. The van der Waals surface area contributed by atoms with Gasteiger partial charge in [0.15, 0.2) is 6.23 Å². The van der Waals surface area contributed by atoms with Crippen LogP contribution >= 0.6 is 0 Å². The first-order chi connectivity index (χ1) is 8.45. The molecule has 0 saturated carbocycles. The van der Waals surface area contributed by atoms with E-state index >= 15 is 0 Å². The van der Waals surface area contributed by atoms with Gasteiger partial charge in [-0.25, -0.2) is 4.79 Å². The Morgan fingerprint density at radius 2 is 2.11 bits per heavy atom. The Labute approximate surface area is 100 Å². The third kappa shape index (κ3) is 1.98. The van der Waals surface area contributed by atoms with Crippen LogP contribution in [0.2, 0.25) is 0 Å². The molecule has 1 fully saturated rings. The van der Waals surface area contributed by atoms with E-state index in [-0.39, 0.29) is 0 Å². The number of aliphatic hydroxyl groups is 2. The first-order valence-corrected chi connectivity index (χ1v) is 5.48. The van der Waals surface area contributed by atoms with Crippen molar-refractivity contribution in [2.45, 2.75) is 37.9 Å². The van der Waals surface area contributed by atoms with Crippen LogP contribution < -0.4 is 11.2 Å². The zero-order valence-corrected chi connectivity index (χ0v) is 9.54. The zero-order chi connectivity index (χ0) is 13.4. The molecule has 0 aliphatic carbocycles. The van der Waals surface area contributed by atoms with Crippen LogP contribution in [0.3, 0.4) is 0 Å². The first kappa shape index (κ1) is 12.9. The average Bonchev–Trinajstić information content (AvgIpc) is 2.61. The van der Waals surface area contributed by atoms with Crippen molar-refractivity contribution in [1.82, 2.24) is 9.55 Å². The fourth-order valence-corrected chi connectivity index (χ4v) is 1.95. The summed E-state index contributed by atoms with van der Waals surface area (Å²) in [6.45, 7) is 1.74. The molecule has 1 aromatic heterocycles. The van der Waals surface area contributed by atoms with E-state index in [0.29, 0.717) is 12.6 Å². The Morgan fingerprint density at radius 3 is 2.67 bits per heavy atom. The average molecular weight is 260 g/mol. The molecular weight excluding hydrogens is 247 g/mol. The van der Waals surface area contributed by atoms with Gasteiger partial charge in [0.2, 0.25) is 5.82 Å². The lowest BCUT2D eigenvalue weighted by atomic mass is 10.1. The molecule has 3 N–H and O–H groups in total. The fourth-order valence-electron chi connectivity index (χ4n) is 1.95. The molecule has 100 valence electrons. The van der Waals surface area contributed by atoms with Crippen molar-refractivity contribution in [3.05, 3.63) is 32.9 Å². The number of aliphatic hydroxyl groups excluding tert-OH is 2. The summed E-state index contributed by atoms with van der Waals surface area (Å²) in [5, 5.41) is 19.4. The topological polar surface area (TPSA) is 105 Å². The van der Waals surface area contributed by atoms with Crippen molar-refractivity contribution >= 4 is 0 Å². The molecule has 0 amide bonds. The Hall–Kier alpha value is -1.51. The van der Waals surface area contributed by atoms with Gasteiger partial charge in [0.05, 0.1) is 12.3 Å². The van der Waals surface area contributed by atoms with Crippen molar-refractivity contribution in [3.8, 4) is 0 Å². The highest BCUT2D eigenvalue weighted by molar-refractivity contribution is 4.94. The van der Waals surface area contributed by atoms with Crippen molar-refractivity contribution in [3.63, 3.8) is 0 Å². The summed E-state index contributed by atoms with van der Waals surface area (Å²) in [5.74, 6) is -1.17. The fraction of sp³-hybridized carbons (Fsp3) is 0.600. The van der Waals surface area contributed by atoms with Crippen LogP contribution in [0, 0.1) is 5.82 Å². The molecule has 0 bridgehead atoms. The maximum absolute atomic E-state index is 13.1. The monoisotopic (exact) mass is 260 g/mol. The smallest absolute Gasteiger partial charge is 0.330 e. The summed E-state index contributed by atoms with van der Waals surface area (Å²) < 4.78 is 19.1. The predicted octanol–water partition coefficient (Wildman–Crippen LogP) is -1.30. The van der Waals surface area contributed by atoms with E-state index in [9.17, 15) is 24.2 Å². The van der Waals surface area contributed by atoms with E-state index in [0.717, 1.165) is 4.57 Å². The van der Waals surface area contributed by atoms with E-state index in [1.807, 2.05) is 0 Å². The second-order valence-electron chi connectivity index (χ2n) is 4.10.